The van der Waals surface area contributed by atoms with Gasteiger partial charge in [-0.2, -0.15) is 0 Å². The van der Waals surface area contributed by atoms with Gasteiger partial charge in [0.25, 0.3) is 0 Å². The number of benzene rings is 1. The standard InChI is InChI=1S/C20H30N4S/c1-20(2,3)17-7-9-19(10-8-17)25-16-18-15-24(22-21-18)14-13-23-11-5-4-6-12-23/h7-10,15H,4-6,11-14,16H2,1-3H3. The van der Waals surface area contributed by atoms with Gasteiger partial charge in [-0.15, -0.1) is 16.9 Å². The highest BCUT2D eigenvalue weighted by Gasteiger charge is 2.13. The number of aromatic nitrogens is 3. The first-order valence-corrected chi connectivity index (χ1v) is 10.3. The van der Waals surface area contributed by atoms with E-state index in [1.54, 1.807) is 0 Å². The van der Waals surface area contributed by atoms with Crippen LogP contribution in [-0.4, -0.2) is 39.5 Å². The summed E-state index contributed by atoms with van der Waals surface area (Å²) in [6.45, 7) is 11.2. The Hall–Kier alpha value is -1.33. The van der Waals surface area contributed by atoms with Crippen molar-refractivity contribution in [1.82, 2.24) is 19.9 Å². The van der Waals surface area contributed by atoms with Gasteiger partial charge in [-0.3, -0.25) is 4.68 Å². The van der Waals surface area contributed by atoms with E-state index in [2.05, 4.69) is 66.4 Å². The van der Waals surface area contributed by atoms with Crippen LogP contribution in [0.3, 0.4) is 0 Å². The predicted octanol–water partition coefficient (Wildman–Crippen LogP) is 4.35. The van der Waals surface area contributed by atoms with Gasteiger partial charge in [0.2, 0.25) is 0 Å². The van der Waals surface area contributed by atoms with Gasteiger partial charge in [0.15, 0.2) is 0 Å². The largest absolute Gasteiger partial charge is 0.301 e. The minimum atomic E-state index is 0.209. The van der Waals surface area contributed by atoms with Crippen LogP contribution in [0.25, 0.3) is 0 Å². The summed E-state index contributed by atoms with van der Waals surface area (Å²) in [5.41, 5.74) is 2.64. The van der Waals surface area contributed by atoms with Crippen molar-refractivity contribution in [2.75, 3.05) is 19.6 Å². The van der Waals surface area contributed by atoms with Crippen LogP contribution in [0, 0.1) is 0 Å². The van der Waals surface area contributed by atoms with E-state index in [0.29, 0.717) is 0 Å². The fraction of sp³-hybridized carbons (Fsp3) is 0.600. The molecule has 2 heterocycles. The molecule has 2 aromatic rings. The zero-order valence-corrected chi connectivity index (χ0v) is 16.6. The monoisotopic (exact) mass is 358 g/mol. The number of likely N-dealkylation sites (tertiary alicyclic amines) is 1. The first-order chi connectivity index (χ1) is 12.0. The average molecular weight is 359 g/mol. The van der Waals surface area contributed by atoms with Crippen LogP contribution >= 0.6 is 11.8 Å². The molecule has 3 rings (SSSR count). The topological polar surface area (TPSA) is 34.0 Å². The smallest absolute Gasteiger partial charge is 0.0929 e. The number of rotatable bonds is 6. The minimum Gasteiger partial charge on any atom is -0.301 e. The molecular weight excluding hydrogens is 328 g/mol. The highest BCUT2D eigenvalue weighted by atomic mass is 32.2. The molecule has 136 valence electrons. The highest BCUT2D eigenvalue weighted by molar-refractivity contribution is 7.98. The molecule has 0 N–H and O–H groups in total. The minimum absolute atomic E-state index is 0.209. The maximum absolute atomic E-state index is 4.33. The Morgan fingerprint density at radius 3 is 2.40 bits per heavy atom. The second-order valence-electron chi connectivity index (χ2n) is 7.94. The first kappa shape index (κ1) is 18.5. The third kappa shape index (κ3) is 5.58. The van der Waals surface area contributed by atoms with E-state index >= 15 is 0 Å². The molecule has 0 amide bonds. The van der Waals surface area contributed by atoms with Gasteiger partial charge in [0.1, 0.15) is 0 Å². The van der Waals surface area contributed by atoms with Gasteiger partial charge >= 0.3 is 0 Å². The summed E-state index contributed by atoms with van der Waals surface area (Å²) in [7, 11) is 0. The van der Waals surface area contributed by atoms with E-state index < -0.39 is 0 Å². The Morgan fingerprint density at radius 1 is 1.00 bits per heavy atom. The molecule has 0 unspecified atom stereocenters. The second kappa shape index (κ2) is 8.37. The van der Waals surface area contributed by atoms with Crippen molar-refractivity contribution in [3.63, 3.8) is 0 Å². The third-order valence-corrected chi connectivity index (χ3v) is 5.83. The summed E-state index contributed by atoms with van der Waals surface area (Å²) in [5, 5.41) is 8.61. The molecule has 4 nitrogen and oxygen atoms in total. The molecule has 1 aliphatic heterocycles. The Balaban J connectivity index is 1.46. The lowest BCUT2D eigenvalue weighted by atomic mass is 9.87. The first-order valence-electron chi connectivity index (χ1n) is 9.35. The van der Waals surface area contributed by atoms with Crippen molar-refractivity contribution in [1.29, 1.82) is 0 Å². The zero-order chi connectivity index (χ0) is 17.7. The molecule has 0 radical (unpaired) electrons. The number of hydrogen-bond donors (Lipinski definition) is 0. The van der Waals surface area contributed by atoms with Gasteiger partial charge < -0.3 is 4.90 Å². The SMILES string of the molecule is CC(C)(C)c1ccc(SCc2cn(CCN3CCCCC3)nn2)cc1. The van der Waals surface area contributed by atoms with Crippen LogP contribution in [0.1, 0.15) is 51.3 Å². The number of nitrogens with zero attached hydrogens (tertiary/aromatic N) is 4. The van der Waals surface area contributed by atoms with E-state index in [9.17, 15) is 0 Å². The third-order valence-electron chi connectivity index (χ3n) is 4.79. The van der Waals surface area contributed by atoms with Crippen LogP contribution in [-0.2, 0) is 17.7 Å². The van der Waals surface area contributed by atoms with Gasteiger partial charge in [-0.05, 0) is 49.0 Å². The van der Waals surface area contributed by atoms with Gasteiger partial charge in [-0.1, -0.05) is 44.5 Å². The van der Waals surface area contributed by atoms with E-state index in [-0.39, 0.29) is 5.41 Å². The van der Waals surface area contributed by atoms with Gasteiger partial charge in [0, 0.05) is 23.4 Å². The maximum Gasteiger partial charge on any atom is 0.0929 e. The van der Waals surface area contributed by atoms with Crippen molar-refractivity contribution in [3.05, 3.63) is 41.7 Å². The van der Waals surface area contributed by atoms with Crippen LogP contribution in [0.2, 0.25) is 0 Å². The van der Waals surface area contributed by atoms with Crippen molar-refractivity contribution in [2.24, 2.45) is 0 Å². The molecule has 0 spiro atoms. The Labute approximate surface area is 156 Å². The molecule has 0 aliphatic carbocycles. The number of piperidine rings is 1. The van der Waals surface area contributed by atoms with E-state index in [1.807, 2.05) is 16.4 Å². The van der Waals surface area contributed by atoms with Crippen molar-refractivity contribution < 1.29 is 0 Å². The van der Waals surface area contributed by atoms with E-state index in [1.165, 1.54) is 42.8 Å². The van der Waals surface area contributed by atoms with Crippen LogP contribution in [0.4, 0.5) is 0 Å². The van der Waals surface area contributed by atoms with E-state index in [4.69, 9.17) is 0 Å². The van der Waals surface area contributed by atoms with Crippen molar-refractivity contribution in [3.8, 4) is 0 Å². The molecular formula is C20H30N4S. The molecule has 0 bridgehead atoms. The molecule has 1 aromatic carbocycles. The molecule has 1 fully saturated rings. The fourth-order valence-electron chi connectivity index (χ4n) is 3.15. The molecule has 0 atom stereocenters. The van der Waals surface area contributed by atoms with Crippen molar-refractivity contribution in [2.45, 2.75) is 62.6 Å². The lowest BCUT2D eigenvalue weighted by Crippen LogP contribution is -2.32. The van der Waals surface area contributed by atoms with Gasteiger partial charge in [0.05, 0.1) is 12.2 Å². The molecule has 1 saturated heterocycles. The maximum atomic E-state index is 4.33. The molecule has 5 heteroatoms. The second-order valence-corrected chi connectivity index (χ2v) is 8.99. The Bertz CT molecular complexity index is 651. The summed E-state index contributed by atoms with van der Waals surface area (Å²) in [6.07, 6.45) is 6.17. The molecule has 0 saturated carbocycles. The van der Waals surface area contributed by atoms with Gasteiger partial charge in [-0.25, -0.2) is 0 Å². The fourth-order valence-corrected chi connectivity index (χ4v) is 3.92. The lowest BCUT2D eigenvalue weighted by molar-refractivity contribution is 0.217. The Kier molecular flexibility index (Phi) is 6.18. The van der Waals surface area contributed by atoms with E-state index in [0.717, 1.165) is 24.5 Å². The highest BCUT2D eigenvalue weighted by Crippen LogP contribution is 2.27. The summed E-state index contributed by atoms with van der Waals surface area (Å²) in [6, 6.07) is 8.90. The molecule has 1 aromatic heterocycles. The normalized spacial score (nSPS) is 16.3. The quantitative estimate of drug-likeness (QED) is 0.719. The molecule has 25 heavy (non-hydrogen) atoms. The summed E-state index contributed by atoms with van der Waals surface area (Å²) in [5.74, 6) is 0.874. The predicted molar refractivity (Wildman–Crippen MR) is 105 cm³/mol. The number of hydrogen-bond acceptors (Lipinski definition) is 4. The van der Waals surface area contributed by atoms with Crippen LogP contribution in [0.5, 0.6) is 0 Å². The van der Waals surface area contributed by atoms with Crippen molar-refractivity contribution >= 4 is 11.8 Å². The summed E-state index contributed by atoms with van der Waals surface area (Å²) in [4.78, 5) is 3.83. The summed E-state index contributed by atoms with van der Waals surface area (Å²) >= 11 is 1.83. The zero-order valence-electron chi connectivity index (χ0n) is 15.7. The Morgan fingerprint density at radius 2 is 1.72 bits per heavy atom. The number of thioether (sulfide) groups is 1. The van der Waals surface area contributed by atoms with Crippen LogP contribution < -0.4 is 0 Å². The lowest BCUT2D eigenvalue weighted by Gasteiger charge is -2.25. The molecule has 1 aliphatic rings. The summed E-state index contributed by atoms with van der Waals surface area (Å²) < 4.78 is 1.99. The van der Waals surface area contributed by atoms with Crippen LogP contribution in [0.15, 0.2) is 35.4 Å². The average Bonchev–Trinajstić information content (AvgIpc) is 3.07.